The van der Waals surface area contributed by atoms with Crippen LogP contribution in [0.15, 0.2) is 53.3 Å². The van der Waals surface area contributed by atoms with E-state index in [0.29, 0.717) is 13.0 Å². The number of hydrogen-bond donors (Lipinski definition) is 1. The summed E-state index contributed by atoms with van der Waals surface area (Å²) in [7, 11) is 1.62. The average Bonchev–Trinajstić information content (AvgIpc) is 3.02. The maximum atomic E-state index is 12.0. The first-order valence-corrected chi connectivity index (χ1v) is 7.46. The fourth-order valence-corrected chi connectivity index (χ4v) is 2.44. The third kappa shape index (κ3) is 3.88. The quantitative estimate of drug-likeness (QED) is 0.760. The number of nitrogens with zero attached hydrogens (tertiary/aromatic N) is 1. The first kappa shape index (κ1) is 15.1. The van der Waals surface area contributed by atoms with Crippen molar-refractivity contribution in [3.8, 4) is 5.75 Å². The number of carbonyl (C=O) groups excluding carboxylic acids is 1. The van der Waals surface area contributed by atoms with Crippen LogP contribution in [0.5, 0.6) is 5.75 Å². The molecule has 0 atom stereocenters. The highest BCUT2D eigenvalue weighted by Gasteiger charge is 2.05. The number of carbonyl (C=O) groups is 1. The molecule has 1 aromatic heterocycles. The van der Waals surface area contributed by atoms with E-state index >= 15 is 0 Å². The first-order valence-electron chi connectivity index (χ1n) is 7.46. The molecule has 0 spiro atoms. The first-order chi connectivity index (χ1) is 11.2. The van der Waals surface area contributed by atoms with Crippen molar-refractivity contribution in [1.82, 2.24) is 10.3 Å². The minimum atomic E-state index is 0.000710. The lowest BCUT2D eigenvalue weighted by Gasteiger charge is -2.07. The highest BCUT2D eigenvalue weighted by Crippen LogP contribution is 2.15. The van der Waals surface area contributed by atoms with Gasteiger partial charge in [-0.3, -0.25) is 4.79 Å². The Morgan fingerprint density at radius 2 is 2.13 bits per heavy atom. The van der Waals surface area contributed by atoms with Crippen LogP contribution < -0.4 is 10.1 Å². The topological polar surface area (TPSA) is 64.4 Å². The molecule has 1 heterocycles. The number of aromatic nitrogens is 1. The lowest BCUT2D eigenvalue weighted by Crippen LogP contribution is -2.27. The summed E-state index contributed by atoms with van der Waals surface area (Å²) in [5.74, 6) is 0.761. The standard InChI is InChI=1S/C18H18N2O3/c1-22-15-4-2-3-14(9-15)11-18(21)19-8-7-13-5-6-17-16(10-13)20-12-23-17/h2-6,9-10,12H,7-8,11H2,1H3,(H,19,21). The summed E-state index contributed by atoms with van der Waals surface area (Å²) < 4.78 is 10.4. The largest absolute Gasteiger partial charge is 0.497 e. The van der Waals surface area contributed by atoms with Crippen LogP contribution in [0.4, 0.5) is 0 Å². The molecule has 0 radical (unpaired) electrons. The monoisotopic (exact) mass is 310 g/mol. The van der Waals surface area contributed by atoms with Crippen LogP contribution in [0, 0.1) is 0 Å². The van der Waals surface area contributed by atoms with Gasteiger partial charge in [0.2, 0.25) is 5.91 Å². The second-order valence-corrected chi connectivity index (χ2v) is 5.28. The molecule has 0 fully saturated rings. The second kappa shape index (κ2) is 6.96. The molecule has 0 aliphatic carbocycles. The molecule has 0 saturated carbocycles. The van der Waals surface area contributed by atoms with Crippen LogP contribution in [0.25, 0.3) is 11.1 Å². The summed E-state index contributed by atoms with van der Waals surface area (Å²) in [6.45, 7) is 0.589. The smallest absolute Gasteiger partial charge is 0.224 e. The summed E-state index contributed by atoms with van der Waals surface area (Å²) >= 11 is 0. The molecule has 0 aliphatic heterocycles. The highest BCUT2D eigenvalue weighted by molar-refractivity contribution is 5.78. The van der Waals surface area contributed by atoms with E-state index in [4.69, 9.17) is 9.15 Å². The predicted molar refractivity (Wildman–Crippen MR) is 87.4 cm³/mol. The molecule has 118 valence electrons. The van der Waals surface area contributed by atoms with Crippen LogP contribution in [0.1, 0.15) is 11.1 Å². The van der Waals surface area contributed by atoms with Gasteiger partial charge in [0, 0.05) is 6.54 Å². The van der Waals surface area contributed by atoms with Crippen molar-refractivity contribution in [2.45, 2.75) is 12.8 Å². The summed E-state index contributed by atoms with van der Waals surface area (Å²) in [6, 6.07) is 13.4. The third-order valence-corrected chi connectivity index (χ3v) is 3.63. The Balaban J connectivity index is 1.50. The van der Waals surface area contributed by atoms with E-state index in [1.54, 1.807) is 7.11 Å². The maximum Gasteiger partial charge on any atom is 0.224 e. The third-order valence-electron chi connectivity index (χ3n) is 3.63. The number of hydrogen-bond acceptors (Lipinski definition) is 4. The molecule has 3 aromatic rings. The Morgan fingerprint density at radius 1 is 1.22 bits per heavy atom. The zero-order chi connectivity index (χ0) is 16.1. The van der Waals surface area contributed by atoms with Crippen molar-refractivity contribution < 1.29 is 13.9 Å². The molecule has 1 amide bonds. The van der Waals surface area contributed by atoms with Gasteiger partial charge in [-0.2, -0.15) is 0 Å². The van der Waals surface area contributed by atoms with Gasteiger partial charge in [-0.25, -0.2) is 4.98 Å². The molecule has 0 unspecified atom stereocenters. The zero-order valence-electron chi connectivity index (χ0n) is 12.9. The van der Waals surface area contributed by atoms with E-state index in [-0.39, 0.29) is 5.91 Å². The highest BCUT2D eigenvalue weighted by atomic mass is 16.5. The van der Waals surface area contributed by atoms with Crippen LogP contribution >= 0.6 is 0 Å². The Kier molecular flexibility index (Phi) is 4.57. The minimum absolute atomic E-state index is 0.000710. The van der Waals surface area contributed by atoms with Crippen LogP contribution in [0.3, 0.4) is 0 Å². The van der Waals surface area contributed by atoms with Gasteiger partial charge in [-0.05, 0) is 41.8 Å². The molecule has 0 bridgehead atoms. The molecule has 23 heavy (non-hydrogen) atoms. The van der Waals surface area contributed by atoms with E-state index in [9.17, 15) is 4.79 Å². The van der Waals surface area contributed by atoms with Crippen LogP contribution in [-0.2, 0) is 17.6 Å². The maximum absolute atomic E-state index is 12.0. The van der Waals surface area contributed by atoms with Crippen molar-refractivity contribution in [3.63, 3.8) is 0 Å². The Morgan fingerprint density at radius 3 is 3.00 bits per heavy atom. The van der Waals surface area contributed by atoms with Gasteiger partial charge in [0.15, 0.2) is 12.0 Å². The van der Waals surface area contributed by atoms with Gasteiger partial charge in [-0.15, -0.1) is 0 Å². The lowest BCUT2D eigenvalue weighted by atomic mass is 10.1. The van der Waals surface area contributed by atoms with E-state index < -0.39 is 0 Å². The molecule has 0 saturated heterocycles. The van der Waals surface area contributed by atoms with Crippen molar-refractivity contribution in [1.29, 1.82) is 0 Å². The lowest BCUT2D eigenvalue weighted by molar-refractivity contribution is -0.120. The molecule has 0 aliphatic rings. The zero-order valence-corrected chi connectivity index (χ0v) is 12.9. The van der Waals surface area contributed by atoms with E-state index in [1.807, 2.05) is 42.5 Å². The molecule has 3 rings (SSSR count). The Hall–Kier alpha value is -2.82. The molecule has 5 nitrogen and oxygen atoms in total. The van der Waals surface area contributed by atoms with Crippen molar-refractivity contribution in [2.75, 3.05) is 13.7 Å². The van der Waals surface area contributed by atoms with Crippen molar-refractivity contribution >= 4 is 17.0 Å². The van der Waals surface area contributed by atoms with Crippen LogP contribution in [-0.4, -0.2) is 24.5 Å². The number of amides is 1. The predicted octanol–water partition coefficient (Wildman–Crippen LogP) is 2.74. The van der Waals surface area contributed by atoms with Crippen molar-refractivity contribution in [2.24, 2.45) is 0 Å². The van der Waals surface area contributed by atoms with Gasteiger partial charge in [0.1, 0.15) is 11.3 Å². The summed E-state index contributed by atoms with van der Waals surface area (Å²) in [5, 5.41) is 2.94. The Labute approximate surface area is 134 Å². The fourth-order valence-electron chi connectivity index (χ4n) is 2.44. The second-order valence-electron chi connectivity index (χ2n) is 5.28. The number of ether oxygens (including phenoxy) is 1. The van der Waals surface area contributed by atoms with Crippen LogP contribution in [0.2, 0.25) is 0 Å². The number of rotatable bonds is 6. The number of oxazole rings is 1. The number of methoxy groups -OCH3 is 1. The normalized spacial score (nSPS) is 10.7. The Bertz CT molecular complexity index is 811. The van der Waals surface area contributed by atoms with E-state index in [2.05, 4.69) is 10.3 Å². The van der Waals surface area contributed by atoms with Gasteiger partial charge in [-0.1, -0.05) is 18.2 Å². The fraction of sp³-hybridized carbons (Fsp3) is 0.222. The summed E-state index contributed by atoms with van der Waals surface area (Å²) in [4.78, 5) is 16.1. The average molecular weight is 310 g/mol. The molecule has 5 heteroatoms. The summed E-state index contributed by atoms with van der Waals surface area (Å²) in [5.41, 5.74) is 3.67. The molecular formula is C18H18N2O3. The van der Waals surface area contributed by atoms with Gasteiger partial charge in [0.05, 0.1) is 13.5 Å². The van der Waals surface area contributed by atoms with Gasteiger partial charge in [0.25, 0.3) is 0 Å². The molecule has 1 N–H and O–H groups in total. The number of nitrogens with one attached hydrogen (secondary N) is 1. The number of fused-ring (bicyclic) bond motifs is 1. The van der Waals surface area contributed by atoms with Crippen molar-refractivity contribution in [3.05, 3.63) is 60.0 Å². The van der Waals surface area contributed by atoms with E-state index in [0.717, 1.165) is 34.4 Å². The van der Waals surface area contributed by atoms with E-state index in [1.165, 1.54) is 6.39 Å². The molecular weight excluding hydrogens is 292 g/mol. The van der Waals surface area contributed by atoms with Gasteiger partial charge >= 0.3 is 0 Å². The minimum Gasteiger partial charge on any atom is -0.497 e. The SMILES string of the molecule is COc1cccc(CC(=O)NCCc2ccc3ocnc3c2)c1. The molecule has 2 aromatic carbocycles. The summed E-state index contributed by atoms with van der Waals surface area (Å²) in [6.07, 6.45) is 2.54. The van der Waals surface area contributed by atoms with Gasteiger partial charge < -0.3 is 14.5 Å². The number of benzene rings is 2.